The fourth-order valence-electron chi connectivity index (χ4n) is 2.50. The van der Waals surface area contributed by atoms with Crippen molar-refractivity contribution >= 4 is 35.1 Å². The van der Waals surface area contributed by atoms with E-state index >= 15 is 0 Å². The van der Waals surface area contributed by atoms with Crippen molar-refractivity contribution in [3.63, 3.8) is 0 Å². The summed E-state index contributed by atoms with van der Waals surface area (Å²) in [6.07, 6.45) is 1.22. The average molecular weight is 358 g/mol. The van der Waals surface area contributed by atoms with Gasteiger partial charge in [0.25, 0.3) is 0 Å². The van der Waals surface area contributed by atoms with Crippen molar-refractivity contribution in [2.75, 3.05) is 5.32 Å². The molecule has 0 atom stereocenters. The van der Waals surface area contributed by atoms with E-state index in [-0.39, 0.29) is 5.91 Å². The maximum atomic E-state index is 12.3. The Morgan fingerprint density at radius 2 is 2.17 bits per heavy atom. The van der Waals surface area contributed by atoms with Gasteiger partial charge in [0.2, 0.25) is 5.91 Å². The van der Waals surface area contributed by atoms with Crippen LogP contribution in [0.5, 0.6) is 0 Å². The van der Waals surface area contributed by atoms with Crippen molar-refractivity contribution < 1.29 is 4.79 Å². The van der Waals surface area contributed by atoms with Gasteiger partial charge in [-0.05, 0) is 41.7 Å². The topological polar surface area (TPSA) is 62.7 Å². The Balaban J connectivity index is 1.69. The van der Waals surface area contributed by atoms with E-state index in [4.69, 9.17) is 12.2 Å². The first kappa shape index (κ1) is 16.6. The quantitative estimate of drug-likeness (QED) is 0.647. The van der Waals surface area contributed by atoms with Crippen LogP contribution >= 0.6 is 23.6 Å². The fraction of sp³-hybridized carbons (Fsp3) is 0.235. The molecule has 2 heterocycles. The molecule has 3 rings (SSSR count). The predicted octanol–water partition coefficient (Wildman–Crippen LogP) is 4.26. The summed E-state index contributed by atoms with van der Waals surface area (Å²) in [7, 11) is 0. The van der Waals surface area contributed by atoms with Crippen LogP contribution < -0.4 is 5.32 Å². The fourth-order valence-corrected chi connectivity index (χ4v) is 3.44. The number of hydrogen-bond donors (Lipinski definition) is 2. The maximum absolute atomic E-state index is 12.3. The van der Waals surface area contributed by atoms with Crippen LogP contribution in [0.4, 0.5) is 5.69 Å². The standard InChI is InChI=1S/C17H18N4OS2/c1-2-12-6-3-4-7-13(12)18-15(22)9-10-21-16(19-20-17(21)23)14-8-5-11-24-14/h3-8,11H,2,9-10H2,1H3,(H,18,22)(H,20,23). The lowest BCUT2D eigenvalue weighted by molar-refractivity contribution is -0.116. The summed E-state index contributed by atoms with van der Waals surface area (Å²) >= 11 is 6.88. The lowest BCUT2D eigenvalue weighted by atomic mass is 10.1. The van der Waals surface area contributed by atoms with E-state index in [1.54, 1.807) is 11.3 Å². The van der Waals surface area contributed by atoms with Gasteiger partial charge in [-0.15, -0.1) is 11.3 Å². The van der Waals surface area contributed by atoms with Crippen LogP contribution in [0, 0.1) is 4.77 Å². The summed E-state index contributed by atoms with van der Waals surface area (Å²) in [4.78, 5) is 13.3. The number of aromatic nitrogens is 3. The number of amides is 1. The molecule has 0 bridgehead atoms. The van der Waals surface area contributed by atoms with Gasteiger partial charge in [0, 0.05) is 18.7 Å². The number of para-hydroxylation sites is 1. The molecule has 5 nitrogen and oxygen atoms in total. The Labute approximate surface area is 149 Å². The van der Waals surface area contributed by atoms with Gasteiger partial charge in [-0.1, -0.05) is 31.2 Å². The third-order valence-electron chi connectivity index (χ3n) is 3.73. The second kappa shape index (κ2) is 7.55. The van der Waals surface area contributed by atoms with E-state index in [0.717, 1.165) is 28.4 Å². The van der Waals surface area contributed by atoms with E-state index in [1.807, 2.05) is 46.3 Å². The number of H-pyrrole nitrogens is 1. The molecule has 124 valence electrons. The number of anilines is 1. The molecular formula is C17H18N4OS2. The average Bonchev–Trinajstić information content (AvgIpc) is 3.23. The molecule has 0 aliphatic heterocycles. The number of hydrogen-bond acceptors (Lipinski definition) is 4. The van der Waals surface area contributed by atoms with E-state index in [1.165, 1.54) is 0 Å². The van der Waals surface area contributed by atoms with Crippen LogP contribution in [0.1, 0.15) is 18.9 Å². The highest BCUT2D eigenvalue weighted by Gasteiger charge is 2.12. The van der Waals surface area contributed by atoms with E-state index < -0.39 is 0 Å². The molecule has 0 fully saturated rings. The molecule has 3 aromatic rings. The smallest absolute Gasteiger partial charge is 0.226 e. The molecule has 0 unspecified atom stereocenters. The Morgan fingerprint density at radius 3 is 2.92 bits per heavy atom. The van der Waals surface area contributed by atoms with Crippen molar-refractivity contribution in [3.8, 4) is 10.7 Å². The summed E-state index contributed by atoms with van der Waals surface area (Å²) in [6.45, 7) is 2.56. The van der Waals surface area contributed by atoms with Gasteiger partial charge in [0.1, 0.15) is 0 Å². The molecule has 1 amide bonds. The Morgan fingerprint density at radius 1 is 1.33 bits per heavy atom. The molecule has 0 aliphatic carbocycles. The molecule has 0 saturated heterocycles. The highest BCUT2D eigenvalue weighted by atomic mass is 32.1. The number of carbonyl (C=O) groups is 1. The van der Waals surface area contributed by atoms with E-state index in [9.17, 15) is 4.79 Å². The van der Waals surface area contributed by atoms with Crippen LogP contribution in [0.2, 0.25) is 0 Å². The number of nitrogens with zero attached hydrogens (tertiary/aromatic N) is 2. The molecule has 2 N–H and O–H groups in total. The minimum absolute atomic E-state index is 0.0314. The largest absolute Gasteiger partial charge is 0.326 e. The molecule has 7 heteroatoms. The Kier molecular flexibility index (Phi) is 5.22. The van der Waals surface area contributed by atoms with E-state index in [0.29, 0.717) is 17.7 Å². The normalized spacial score (nSPS) is 10.7. The number of carbonyl (C=O) groups excluding carboxylic acids is 1. The molecule has 2 aromatic heterocycles. The SMILES string of the molecule is CCc1ccccc1NC(=O)CCn1c(-c2cccs2)n[nH]c1=S. The van der Waals surface area contributed by atoms with Crippen molar-refractivity contribution in [2.45, 2.75) is 26.3 Å². The van der Waals surface area contributed by atoms with E-state index in [2.05, 4.69) is 22.4 Å². The third-order valence-corrected chi connectivity index (χ3v) is 4.91. The van der Waals surface area contributed by atoms with Crippen molar-refractivity contribution in [1.82, 2.24) is 14.8 Å². The van der Waals surface area contributed by atoms with Crippen LogP contribution in [-0.4, -0.2) is 20.7 Å². The highest BCUT2D eigenvalue weighted by Crippen LogP contribution is 2.23. The summed E-state index contributed by atoms with van der Waals surface area (Å²) in [6, 6.07) is 11.8. The van der Waals surface area contributed by atoms with Gasteiger partial charge in [-0.25, -0.2) is 0 Å². The van der Waals surface area contributed by atoms with Crippen molar-refractivity contribution in [3.05, 3.63) is 52.1 Å². The highest BCUT2D eigenvalue weighted by molar-refractivity contribution is 7.71. The predicted molar refractivity (Wildman–Crippen MR) is 99.8 cm³/mol. The molecular weight excluding hydrogens is 340 g/mol. The molecule has 1 aromatic carbocycles. The lowest BCUT2D eigenvalue weighted by Crippen LogP contribution is -2.16. The number of rotatable bonds is 6. The van der Waals surface area contributed by atoms with Crippen LogP contribution in [0.15, 0.2) is 41.8 Å². The minimum Gasteiger partial charge on any atom is -0.326 e. The van der Waals surface area contributed by atoms with Crippen molar-refractivity contribution in [1.29, 1.82) is 0 Å². The molecule has 0 radical (unpaired) electrons. The van der Waals surface area contributed by atoms with Gasteiger partial charge in [0.15, 0.2) is 10.6 Å². The summed E-state index contributed by atoms with van der Waals surface area (Å²) in [5.41, 5.74) is 2.00. The van der Waals surface area contributed by atoms with Gasteiger partial charge < -0.3 is 5.32 Å². The molecule has 24 heavy (non-hydrogen) atoms. The summed E-state index contributed by atoms with van der Waals surface area (Å²) in [5.74, 6) is 0.743. The van der Waals surface area contributed by atoms with Crippen LogP contribution in [0.3, 0.4) is 0 Å². The second-order valence-corrected chi connectivity index (χ2v) is 6.62. The number of thiophene rings is 1. The number of aryl methyl sites for hydroxylation is 1. The van der Waals surface area contributed by atoms with Gasteiger partial charge >= 0.3 is 0 Å². The zero-order valence-electron chi connectivity index (χ0n) is 13.3. The van der Waals surface area contributed by atoms with Gasteiger partial charge in [-0.3, -0.25) is 14.5 Å². The summed E-state index contributed by atoms with van der Waals surface area (Å²) in [5, 5.41) is 12.1. The first-order chi connectivity index (χ1) is 11.7. The Bertz CT molecular complexity index is 880. The zero-order valence-corrected chi connectivity index (χ0v) is 14.9. The zero-order chi connectivity index (χ0) is 16.9. The van der Waals surface area contributed by atoms with Crippen molar-refractivity contribution in [2.24, 2.45) is 0 Å². The third kappa shape index (κ3) is 3.63. The molecule has 0 aliphatic rings. The van der Waals surface area contributed by atoms with Gasteiger partial charge in [0.05, 0.1) is 4.88 Å². The lowest BCUT2D eigenvalue weighted by Gasteiger charge is -2.10. The summed E-state index contributed by atoms with van der Waals surface area (Å²) < 4.78 is 2.40. The number of aromatic amines is 1. The number of benzene rings is 1. The first-order valence-electron chi connectivity index (χ1n) is 7.76. The molecule has 0 saturated carbocycles. The van der Waals surface area contributed by atoms with Crippen LogP contribution in [-0.2, 0) is 17.8 Å². The second-order valence-electron chi connectivity index (χ2n) is 5.29. The first-order valence-corrected chi connectivity index (χ1v) is 9.04. The Hall–Kier alpha value is -2.25. The monoisotopic (exact) mass is 358 g/mol. The minimum atomic E-state index is -0.0314. The molecule has 0 spiro atoms. The number of nitrogens with one attached hydrogen (secondary N) is 2. The maximum Gasteiger partial charge on any atom is 0.226 e. The van der Waals surface area contributed by atoms with Gasteiger partial charge in [-0.2, -0.15) is 5.10 Å². The van der Waals surface area contributed by atoms with Crippen LogP contribution in [0.25, 0.3) is 10.7 Å².